The van der Waals surface area contributed by atoms with Gasteiger partial charge in [-0.05, 0) is 43.0 Å². The number of nitrogens with zero attached hydrogens (tertiary/aromatic N) is 1. The number of esters is 1. The lowest BCUT2D eigenvalue weighted by Crippen LogP contribution is -2.62. The van der Waals surface area contributed by atoms with Gasteiger partial charge in [0.15, 0.2) is 6.04 Å². The highest BCUT2D eigenvalue weighted by Crippen LogP contribution is 2.35. The molecule has 1 saturated heterocycles. The SMILES string of the molecule is COC(=O)[C@H](NC(=O)C1(Cc2ccc(C(F)(F)F)cc2)CCCN1C(=O)OCc1ccccc1)[C@H](C)O. The molecular formula is C26H29F3N2O6. The molecule has 2 aromatic carbocycles. The van der Waals surface area contributed by atoms with Crippen molar-refractivity contribution in [1.29, 1.82) is 0 Å². The van der Waals surface area contributed by atoms with Crippen LogP contribution in [-0.4, -0.2) is 59.3 Å². The lowest BCUT2D eigenvalue weighted by Gasteiger charge is -2.37. The molecule has 2 N–H and O–H groups in total. The molecule has 1 fully saturated rings. The molecule has 3 atom stereocenters. The van der Waals surface area contributed by atoms with Gasteiger partial charge in [0.2, 0.25) is 5.91 Å². The first-order valence-corrected chi connectivity index (χ1v) is 11.7. The molecule has 1 aliphatic rings. The molecule has 0 saturated carbocycles. The molecular weight excluding hydrogens is 493 g/mol. The molecule has 0 aliphatic carbocycles. The van der Waals surface area contributed by atoms with Crippen LogP contribution in [0.3, 0.4) is 0 Å². The van der Waals surface area contributed by atoms with E-state index in [4.69, 9.17) is 4.74 Å². The Kier molecular flexibility index (Phi) is 8.80. The number of hydrogen-bond donors (Lipinski definition) is 2. The average molecular weight is 523 g/mol. The summed E-state index contributed by atoms with van der Waals surface area (Å²) < 4.78 is 49.3. The van der Waals surface area contributed by atoms with Gasteiger partial charge in [-0.2, -0.15) is 13.2 Å². The number of hydrogen-bond acceptors (Lipinski definition) is 6. The van der Waals surface area contributed by atoms with E-state index in [0.717, 1.165) is 24.8 Å². The first kappa shape index (κ1) is 28.0. The average Bonchev–Trinajstić information content (AvgIpc) is 3.30. The fraction of sp³-hybridized carbons (Fsp3) is 0.423. The van der Waals surface area contributed by atoms with Crippen LogP contribution in [0.25, 0.3) is 0 Å². The van der Waals surface area contributed by atoms with Crippen LogP contribution < -0.4 is 5.32 Å². The van der Waals surface area contributed by atoms with Crippen LogP contribution in [0.2, 0.25) is 0 Å². The second-order valence-corrected chi connectivity index (χ2v) is 8.91. The fourth-order valence-electron chi connectivity index (χ4n) is 4.37. The van der Waals surface area contributed by atoms with E-state index in [1.54, 1.807) is 24.3 Å². The first-order chi connectivity index (χ1) is 17.5. The van der Waals surface area contributed by atoms with Gasteiger partial charge < -0.3 is 19.9 Å². The highest BCUT2D eigenvalue weighted by atomic mass is 19.4. The molecule has 0 radical (unpaired) electrons. The smallest absolute Gasteiger partial charge is 0.416 e. The van der Waals surface area contributed by atoms with Crippen LogP contribution >= 0.6 is 0 Å². The number of carbonyl (C=O) groups is 3. The molecule has 0 aromatic heterocycles. The van der Waals surface area contributed by atoms with Crippen LogP contribution in [-0.2, 0) is 38.3 Å². The highest BCUT2D eigenvalue weighted by molar-refractivity contribution is 5.94. The van der Waals surface area contributed by atoms with Crippen LogP contribution in [0.1, 0.15) is 36.5 Å². The van der Waals surface area contributed by atoms with Gasteiger partial charge >= 0.3 is 18.2 Å². The lowest BCUT2D eigenvalue weighted by atomic mass is 9.86. The van der Waals surface area contributed by atoms with Gasteiger partial charge in [0.25, 0.3) is 0 Å². The second-order valence-electron chi connectivity index (χ2n) is 8.91. The van der Waals surface area contributed by atoms with Crippen molar-refractivity contribution >= 4 is 18.0 Å². The molecule has 3 rings (SSSR count). The van der Waals surface area contributed by atoms with Crippen molar-refractivity contribution in [3.63, 3.8) is 0 Å². The molecule has 200 valence electrons. The first-order valence-electron chi connectivity index (χ1n) is 11.7. The summed E-state index contributed by atoms with van der Waals surface area (Å²) in [6, 6.07) is 11.8. The van der Waals surface area contributed by atoms with Gasteiger partial charge in [0.1, 0.15) is 12.1 Å². The van der Waals surface area contributed by atoms with E-state index >= 15 is 0 Å². The van der Waals surface area contributed by atoms with Crippen LogP contribution in [0.5, 0.6) is 0 Å². The Bertz CT molecular complexity index is 1090. The van der Waals surface area contributed by atoms with Gasteiger partial charge in [0.05, 0.1) is 18.8 Å². The molecule has 2 aromatic rings. The van der Waals surface area contributed by atoms with Crippen molar-refractivity contribution < 1.29 is 42.1 Å². The Morgan fingerprint density at radius 2 is 1.73 bits per heavy atom. The lowest BCUT2D eigenvalue weighted by molar-refractivity contribution is -0.149. The minimum atomic E-state index is -4.53. The van der Waals surface area contributed by atoms with Gasteiger partial charge in [0, 0.05) is 13.0 Å². The Balaban J connectivity index is 1.92. The number of aliphatic hydroxyl groups is 1. The summed E-state index contributed by atoms with van der Waals surface area (Å²) in [6.45, 7) is 1.40. The molecule has 1 heterocycles. The molecule has 37 heavy (non-hydrogen) atoms. The van der Waals surface area contributed by atoms with E-state index < -0.39 is 47.4 Å². The van der Waals surface area contributed by atoms with Crippen molar-refractivity contribution in [1.82, 2.24) is 10.2 Å². The molecule has 1 aliphatic heterocycles. The van der Waals surface area contributed by atoms with Crippen LogP contribution in [0, 0.1) is 0 Å². The van der Waals surface area contributed by atoms with E-state index in [2.05, 4.69) is 10.1 Å². The van der Waals surface area contributed by atoms with E-state index in [1.165, 1.54) is 24.0 Å². The molecule has 8 nitrogen and oxygen atoms in total. The maximum Gasteiger partial charge on any atom is 0.416 e. The van der Waals surface area contributed by atoms with E-state index in [0.29, 0.717) is 12.0 Å². The Morgan fingerprint density at radius 1 is 1.08 bits per heavy atom. The topological polar surface area (TPSA) is 105 Å². The number of rotatable bonds is 8. The molecule has 0 bridgehead atoms. The number of methoxy groups -OCH3 is 1. The normalized spacial score (nSPS) is 19.1. The number of amides is 2. The summed E-state index contributed by atoms with van der Waals surface area (Å²) >= 11 is 0. The van der Waals surface area contributed by atoms with Crippen LogP contribution in [0.15, 0.2) is 54.6 Å². The fourth-order valence-corrected chi connectivity index (χ4v) is 4.37. The van der Waals surface area contributed by atoms with Gasteiger partial charge in [-0.3, -0.25) is 9.69 Å². The summed E-state index contributed by atoms with van der Waals surface area (Å²) in [5.74, 6) is -1.64. The molecule has 2 amide bonds. The standard InChI is InChI=1S/C26H29F3N2O6/c1-17(32)21(22(33)36-2)30-23(34)25(15-18-9-11-20(12-10-18)26(27,28)29)13-6-14-31(25)24(35)37-16-19-7-4-3-5-8-19/h3-5,7-12,17,21,32H,6,13-16H2,1-2H3,(H,30,34)/t17-,21+,25?/m0/s1. The summed E-state index contributed by atoms with van der Waals surface area (Å²) in [4.78, 5) is 40.2. The van der Waals surface area contributed by atoms with Crippen molar-refractivity contribution in [3.8, 4) is 0 Å². The molecule has 11 heteroatoms. The summed E-state index contributed by atoms with van der Waals surface area (Å²) in [7, 11) is 1.10. The summed E-state index contributed by atoms with van der Waals surface area (Å²) in [5.41, 5.74) is -1.32. The van der Waals surface area contributed by atoms with Crippen LogP contribution in [0.4, 0.5) is 18.0 Å². The molecule has 0 spiro atoms. The maximum absolute atomic E-state index is 13.7. The minimum absolute atomic E-state index is 0.0490. The quantitative estimate of drug-likeness (QED) is 0.515. The predicted octanol–water partition coefficient (Wildman–Crippen LogP) is 3.46. The van der Waals surface area contributed by atoms with Crippen molar-refractivity contribution in [2.75, 3.05) is 13.7 Å². The number of halogens is 3. The van der Waals surface area contributed by atoms with E-state index in [9.17, 15) is 32.7 Å². The Labute approximate surface area is 212 Å². The predicted molar refractivity (Wildman–Crippen MR) is 126 cm³/mol. The van der Waals surface area contributed by atoms with Crippen molar-refractivity contribution in [2.45, 2.75) is 56.7 Å². The largest absolute Gasteiger partial charge is 0.467 e. The van der Waals surface area contributed by atoms with Crippen molar-refractivity contribution in [2.24, 2.45) is 0 Å². The molecule has 1 unspecified atom stereocenters. The number of likely N-dealkylation sites (tertiary alicyclic amines) is 1. The number of ether oxygens (including phenoxy) is 2. The number of nitrogens with one attached hydrogen (secondary N) is 1. The number of alkyl halides is 3. The maximum atomic E-state index is 13.7. The zero-order valence-electron chi connectivity index (χ0n) is 20.5. The number of aliphatic hydroxyl groups excluding tert-OH is 1. The third-order valence-electron chi connectivity index (χ3n) is 6.34. The zero-order chi connectivity index (χ0) is 27.2. The highest BCUT2D eigenvalue weighted by Gasteiger charge is 2.51. The monoisotopic (exact) mass is 522 g/mol. The summed E-state index contributed by atoms with van der Waals surface area (Å²) in [5, 5.41) is 12.5. The Hall–Kier alpha value is -3.60. The zero-order valence-corrected chi connectivity index (χ0v) is 20.5. The van der Waals surface area contributed by atoms with Crippen molar-refractivity contribution in [3.05, 3.63) is 71.3 Å². The number of benzene rings is 2. The summed E-state index contributed by atoms with van der Waals surface area (Å²) in [6.07, 6.45) is -6.18. The minimum Gasteiger partial charge on any atom is -0.467 e. The second kappa shape index (κ2) is 11.6. The Morgan fingerprint density at radius 3 is 2.30 bits per heavy atom. The van der Waals surface area contributed by atoms with Gasteiger partial charge in [-0.1, -0.05) is 42.5 Å². The number of carbonyl (C=O) groups excluding carboxylic acids is 3. The van der Waals surface area contributed by atoms with Gasteiger partial charge in [-0.15, -0.1) is 0 Å². The van der Waals surface area contributed by atoms with Gasteiger partial charge in [-0.25, -0.2) is 9.59 Å². The third kappa shape index (κ3) is 6.59. The van der Waals surface area contributed by atoms with E-state index in [1.807, 2.05) is 6.07 Å². The van der Waals surface area contributed by atoms with E-state index in [-0.39, 0.29) is 26.0 Å². The third-order valence-corrected chi connectivity index (χ3v) is 6.34.